The first-order chi connectivity index (χ1) is 11.6. The number of fused-ring (bicyclic) bond motifs is 1. The average Bonchev–Trinajstić information content (AvgIpc) is 2.60. The fourth-order valence-corrected chi connectivity index (χ4v) is 2.95. The minimum atomic E-state index is 0.456. The Morgan fingerprint density at radius 2 is 1.88 bits per heavy atom. The maximum Gasteiger partial charge on any atom is 0.128 e. The lowest BCUT2D eigenvalue weighted by Gasteiger charge is -2.15. The molecule has 0 atom stereocenters. The van der Waals surface area contributed by atoms with Crippen LogP contribution in [0, 0.1) is 0 Å². The van der Waals surface area contributed by atoms with Gasteiger partial charge in [-0.25, -0.2) is 4.98 Å². The number of hydrogen-bond acceptors (Lipinski definition) is 3. The molecule has 0 saturated heterocycles. The van der Waals surface area contributed by atoms with Crippen LogP contribution in [-0.2, 0) is 0 Å². The maximum atomic E-state index is 5.62. The number of nitrogens with zero attached hydrogens (tertiary/aromatic N) is 1. The van der Waals surface area contributed by atoms with Gasteiger partial charge in [0.2, 0.25) is 0 Å². The van der Waals surface area contributed by atoms with Crippen LogP contribution in [0.2, 0.25) is 0 Å². The summed E-state index contributed by atoms with van der Waals surface area (Å²) >= 11 is 0. The van der Waals surface area contributed by atoms with Crippen LogP contribution in [0.15, 0.2) is 48.5 Å². The molecule has 1 heterocycles. The van der Waals surface area contributed by atoms with Gasteiger partial charge in [0.25, 0.3) is 0 Å². The highest BCUT2D eigenvalue weighted by Crippen LogP contribution is 2.36. The van der Waals surface area contributed by atoms with Gasteiger partial charge in [-0.05, 0) is 42.0 Å². The number of rotatable bonds is 5. The van der Waals surface area contributed by atoms with E-state index < -0.39 is 0 Å². The molecular weight excluding hydrogens is 296 g/mol. The van der Waals surface area contributed by atoms with Gasteiger partial charge < -0.3 is 10.1 Å². The topological polar surface area (TPSA) is 34.1 Å². The molecule has 0 unspecified atom stereocenters. The number of benzene rings is 2. The highest BCUT2D eigenvalue weighted by atomic mass is 16.5. The van der Waals surface area contributed by atoms with Crippen molar-refractivity contribution in [3.8, 4) is 17.0 Å². The number of nitrogens with one attached hydrogen (secondary N) is 1. The predicted octanol–water partition coefficient (Wildman–Crippen LogP) is 5.47. The molecule has 0 saturated carbocycles. The molecule has 0 bridgehead atoms. The molecule has 0 fully saturated rings. The van der Waals surface area contributed by atoms with Gasteiger partial charge in [-0.15, -0.1) is 0 Å². The van der Waals surface area contributed by atoms with Crippen molar-refractivity contribution < 1.29 is 4.74 Å². The molecule has 2 aromatic carbocycles. The maximum absolute atomic E-state index is 5.62. The third-order valence-corrected chi connectivity index (χ3v) is 4.24. The largest absolute Gasteiger partial charge is 0.496 e. The van der Waals surface area contributed by atoms with Gasteiger partial charge in [0.15, 0.2) is 0 Å². The number of aromatic nitrogens is 1. The van der Waals surface area contributed by atoms with Crippen molar-refractivity contribution in [3.63, 3.8) is 0 Å². The quantitative estimate of drug-likeness (QED) is 0.677. The fraction of sp³-hybridized carbons (Fsp3) is 0.286. The summed E-state index contributed by atoms with van der Waals surface area (Å²) in [4.78, 5) is 4.88. The van der Waals surface area contributed by atoms with Crippen molar-refractivity contribution in [3.05, 3.63) is 54.1 Å². The van der Waals surface area contributed by atoms with E-state index in [1.54, 1.807) is 7.11 Å². The fourth-order valence-electron chi connectivity index (χ4n) is 2.95. The van der Waals surface area contributed by atoms with E-state index in [0.717, 1.165) is 34.8 Å². The Morgan fingerprint density at radius 1 is 1.08 bits per heavy atom. The molecule has 124 valence electrons. The van der Waals surface area contributed by atoms with Crippen LogP contribution in [0.25, 0.3) is 22.0 Å². The van der Waals surface area contributed by atoms with Crippen LogP contribution in [0.1, 0.15) is 32.3 Å². The zero-order valence-corrected chi connectivity index (χ0v) is 14.8. The molecule has 0 spiro atoms. The zero-order valence-electron chi connectivity index (χ0n) is 14.8. The summed E-state index contributed by atoms with van der Waals surface area (Å²) in [5.41, 5.74) is 3.29. The summed E-state index contributed by atoms with van der Waals surface area (Å²) in [5, 5.41) is 5.65. The van der Waals surface area contributed by atoms with Gasteiger partial charge in [-0.2, -0.15) is 0 Å². The standard InChI is InChI=1S/C21H24N2O/c1-5-22-20-13-16-8-6-7-9-17(16)21(23-20)18-12-15(14(2)3)10-11-19(18)24-4/h6-14H,5H2,1-4H3,(H,22,23). The van der Waals surface area contributed by atoms with Gasteiger partial charge in [0.05, 0.1) is 12.8 Å². The minimum absolute atomic E-state index is 0.456. The molecule has 1 aromatic heterocycles. The van der Waals surface area contributed by atoms with Crippen molar-refractivity contribution in [2.75, 3.05) is 19.0 Å². The molecular formula is C21H24N2O. The number of pyridine rings is 1. The summed E-state index contributed by atoms with van der Waals surface area (Å²) in [6.45, 7) is 7.32. The molecule has 3 aromatic rings. The molecule has 3 rings (SSSR count). The molecule has 0 aliphatic rings. The molecule has 0 aliphatic carbocycles. The number of anilines is 1. The number of methoxy groups -OCH3 is 1. The minimum Gasteiger partial charge on any atom is -0.496 e. The molecule has 3 nitrogen and oxygen atoms in total. The van der Waals surface area contributed by atoms with Gasteiger partial charge in [-0.3, -0.25) is 0 Å². The average molecular weight is 320 g/mol. The van der Waals surface area contributed by atoms with Crippen LogP contribution in [0.3, 0.4) is 0 Å². The van der Waals surface area contributed by atoms with E-state index >= 15 is 0 Å². The van der Waals surface area contributed by atoms with E-state index in [0.29, 0.717) is 5.92 Å². The van der Waals surface area contributed by atoms with E-state index in [-0.39, 0.29) is 0 Å². The normalized spacial score (nSPS) is 11.0. The van der Waals surface area contributed by atoms with Crippen molar-refractivity contribution in [1.29, 1.82) is 0 Å². The monoisotopic (exact) mass is 320 g/mol. The van der Waals surface area contributed by atoms with E-state index in [1.165, 1.54) is 10.9 Å². The van der Waals surface area contributed by atoms with E-state index in [2.05, 4.69) is 68.6 Å². The second-order valence-electron chi connectivity index (χ2n) is 6.22. The first-order valence-corrected chi connectivity index (χ1v) is 8.46. The van der Waals surface area contributed by atoms with Crippen LogP contribution in [0.4, 0.5) is 5.82 Å². The van der Waals surface area contributed by atoms with E-state index in [1.807, 2.05) is 6.07 Å². The van der Waals surface area contributed by atoms with Gasteiger partial charge in [-0.1, -0.05) is 44.2 Å². The second kappa shape index (κ2) is 6.91. The third kappa shape index (κ3) is 3.07. The Bertz CT molecular complexity index is 856. The number of ether oxygens (including phenoxy) is 1. The first kappa shape index (κ1) is 16.3. The molecule has 0 amide bonds. The van der Waals surface area contributed by atoms with Crippen molar-refractivity contribution in [2.45, 2.75) is 26.7 Å². The molecule has 0 aliphatic heterocycles. The van der Waals surface area contributed by atoms with Gasteiger partial charge in [0.1, 0.15) is 11.6 Å². The van der Waals surface area contributed by atoms with Crippen LogP contribution in [0.5, 0.6) is 5.75 Å². The summed E-state index contributed by atoms with van der Waals surface area (Å²) in [7, 11) is 1.71. The lowest BCUT2D eigenvalue weighted by molar-refractivity contribution is 0.416. The summed E-state index contributed by atoms with van der Waals surface area (Å²) in [6, 6.07) is 16.8. The highest BCUT2D eigenvalue weighted by molar-refractivity contribution is 5.97. The lowest BCUT2D eigenvalue weighted by Crippen LogP contribution is -2.01. The smallest absolute Gasteiger partial charge is 0.128 e. The van der Waals surface area contributed by atoms with Gasteiger partial charge >= 0.3 is 0 Å². The van der Waals surface area contributed by atoms with Crippen LogP contribution >= 0.6 is 0 Å². The third-order valence-electron chi connectivity index (χ3n) is 4.24. The summed E-state index contributed by atoms with van der Waals surface area (Å²) < 4.78 is 5.62. The summed E-state index contributed by atoms with van der Waals surface area (Å²) in [5.74, 6) is 2.20. The number of hydrogen-bond donors (Lipinski definition) is 1. The molecule has 0 radical (unpaired) electrons. The second-order valence-corrected chi connectivity index (χ2v) is 6.22. The molecule has 1 N–H and O–H groups in total. The predicted molar refractivity (Wildman–Crippen MR) is 102 cm³/mol. The van der Waals surface area contributed by atoms with E-state index in [9.17, 15) is 0 Å². The Labute approximate surface area is 143 Å². The van der Waals surface area contributed by atoms with Crippen molar-refractivity contribution in [1.82, 2.24) is 4.98 Å². The Hall–Kier alpha value is -2.55. The van der Waals surface area contributed by atoms with Crippen LogP contribution in [-0.4, -0.2) is 18.6 Å². The first-order valence-electron chi connectivity index (χ1n) is 8.46. The SMILES string of the molecule is CCNc1cc2ccccc2c(-c2cc(C(C)C)ccc2OC)n1. The Morgan fingerprint density at radius 3 is 2.58 bits per heavy atom. The lowest BCUT2D eigenvalue weighted by atomic mass is 9.96. The zero-order chi connectivity index (χ0) is 17.1. The van der Waals surface area contributed by atoms with Crippen molar-refractivity contribution in [2.24, 2.45) is 0 Å². The molecule has 24 heavy (non-hydrogen) atoms. The van der Waals surface area contributed by atoms with Crippen LogP contribution < -0.4 is 10.1 Å². The van der Waals surface area contributed by atoms with Crippen molar-refractivity contribution >= 4 is 16.6 Å². The highest BCUT2D eigenvalue weighted by Gasteiger charge is 2.14. The summed E-state index contributed by atoms with van der Waals surface area (Å²) in [6.07, 6.45) is 0. The van der Waals surface area contributed by atoms with E-state index in [4.69, 9.17) is 9.72 Å². The molecule has 3 heteroatoms. The van der Waals surface area contributed by atoms with Gasteiger partial charge in [0, 0.05) is 17.5 Å². The Balaban J connectivity index is 2.30. The Kier molecular flexibility index (Phi) is 4.70.